The van der Waals surface area contributed by atoms with Crippen LogP contribution in [-0.4, -0.2) is 68.3 Å². The Morgan fingerprint density at radius 3 is 2.71 bits per heavy atom. The Hall–Kier alpha value is -0.160. The van der Waals surface area contributed by atoms with Crippen molar-refractivity contribution in [3.05, 3.63) is 0 Å². The zero-order valence-electron chi connectivity index (χ0n) is 13.7. The molecule has 2 N–H and O–H groups in total. The van der Waals surface area contributed by atoms with Crippen molar-refractivity contribution in [3.63, 3.8) is 0 Å². The SMILES string of the molecule is CC1CCCC(CN)(CN2CCC(N3CCOCC3)C2)C1. The molecule has 4 nitrogen and oxygen atoms in total. The summed E-state index contributed by atoms with van der Waals surface area (Å²) < 4.78 is 5.48. The lowest BCUT2D eigenvalue weighted by Gasteiger charge is -2.42. The predicted molar refractivity (Wildman–Crippen MR) is 86.4 cm³/mol. The van der Waals surface area contributed by atoms with Crippen LogP contribution in [0, 0.1) is 11.3 Å². The van der Waals surface area contributed by atoms with Gasteiger partial charge in [0.2, 0.25) is 0 Å². The van der Waals surface area contributed by atoms with Gasteiger partial charge in [-0.05, 0) is 43.7 Å². The van der Waals surface area contributed by atoms with Crippen molar-refractivity contribution in [2.24, 2.45) is 17.1 Å². The molecule has 2 heterocycles. The molecule has 0 spiro atoms. The minimum atomic E-state index is 0.400. The average molecular weight is 295 g/mol. The summed E-state index contributed by atoms with van der Waals surface area (Å²) in [5.74, 6) is 0.861. The highest BCUT2D eigenvalue weighted by atomic mass is 16.5. The van der Waals surface area contributed by atoms with Crippen molar-refractivity contribution in [1.29, 1.82) is 0 Å². The van der Waals surface area contributed by atoms with Crippen molar-refractivity contribution in [2.45, 2.75) is 45.1 Å². The van der Waals surface area contributed by atoms with Crippen molar-refractivity contribution < 1.29 is 4.74 Å². The molecular weight excluding hydrogens is 262 g/mol. The van der Waals surface area contributed by atoms with Crippen LogP contribution in [-0.2, 0) is 4.74 Å². The van der Waals surface area contributed by atoms with Gasteiger partial charge in [0.15, 0.2) is 0 Å². The lowest BCUT2D eigenvalue weighted by Crippen LogP contribution is -2.47. The van der Waals surface area contributed by atoms with Gasteiger partial charge in [-0.2, -0.15) is 0 Å². The highest BCUT2D eigenvalue weighted by Gasteiger charge is 2.38. The van der Waals surface area contributed by atoms with E-state index in [1.807, 2.05) is 0 Å². The average Bonchev–Trinajstić information content (AvgIpc) is 2.96. The van der Waals surface area contributed by atoms with Crippen LogP contribution in [0.1, 0.15) is 39.0 Å². The fourth-order valence-electron chi connectivity index (χ4n) is 4.83. The van der Waals surface area contributed by atoms with Gasteiger partial charge in [0.05, 0.1) is 13.2 Å². The van der Waals surface area contributed by atoms with Gasteiger partial charge in [0.1, 0.15) is 0 Å². The maximum Gasteiger partial charge on any atom is 0.0594 e. The summed E-state index contributed by atoms with van der Waals surface area (Å²) in [6, 6.07) is 0.754. The molecule has 0 aromatic rings. The number of rotatable bonds is 4. The number of ether oxygens (including phenoxy) is 1. The fourth-order valence-corrected chi connectivity index (χ4v) is 4.83. The van der Waals surface area contributed by atoms with Gasteiger partial charge >= 0.3 is 0 Å². The second-order valence-corrected chi connectivity index (χ2v) is 7.73. The van der Waals surface area contributed by atoms with E-state index in [1.165, 1.54) is 51.7 Å². The van der Waals surface area contributed by atoms with Crippen molar-refractivity contribution in [1.82, 2.24) is 9.80 Å². The quantitative estimate of drug-likeness (QED) is 0.854. The van der Waals surface area contributed by atoms with E-state index in [2.05, 4.69) is 16.7 Å². The number of nitrogens with zero attached hydrogens (tertiary/aromatic N) is 2. The molecule has 0 aromatic carbocycles. The molecule has 2 saturated heterocycles. The summed E-state index contributed by atoms with van der Waals surface area (Å²) in [6.07, 6.45) is 6.78. The monoisotopic (exact) mass is 295 g/mol. The molecular formula is C17H33N3O. The largest absolute Gasteiger partial charge is 0.379 e. The number of morpholine rings is 1. The Morgan fingerprint density at radius 1 is 1.19 bits per heavy atom. The molecule has 2 aliphatic heterocycles. The summed E-state index contributed by atoms with van der Waals surface area (Å²) in [7, 11) is 0. The zero-order valence-corrected chi connectivity index (χ0v) is 13.7. The van der Waals surface area contributed by atoms with E-state index >= 15 is 0 Å². The third-order valence-electron chi connectivity index (χ3n) is 5.99. The fraction of sp³-hybridized carbons (Fsp3) is 1.00. The first kappa shape index (κ1) is 15.7. The van der Waals surface area contributed by atoms with Gasteiger partial charge in [-0.25, -0.2) is 0 Å². The van der Waals surface area contributed by atoms with Crippen molar-refractivity contribution in [3.8, 4) is 0 Å². The molecule has 3 fully saturated rings. The minimum absolute atomic E-state index is 0.400. The van der Waals surface area contributed by atoms with Crippen LogP contribution in [0.5, 0.6) is 0 Å². The third-order valence-corrected chi connectivity index (χ3v) is 5.99. The molecule has 3 atom stereocenters. The van der Waals surface area contributed by atoms with Crippen molar-refractivity contribution >= 4 is 0 Å². The summed E-state index contributed by atoms with van der Waals surface area (Å²) in [5, 5.41) is 0. The lowest BCUT2D eigenvalue weighted by atomic mass is 9.70. The van der Waals surface area contributed by atoms with E-state index in [-0.39, 0.29) is 0 Å². The van der Waals surface area contributed by atoms with E-state index in [9.17, 15) is 0 Å². The normalized spacial score (nSPS) is 39.7. The first-order valence-corrected chi connectivity index (χ1v) is 8.95. The molecule has 1 saturated carbocycles. The number of nitrogens with two attached hydrogens (primary N) is 1. The van der Waals surface area contributed by atoms with Crippen LogP contribution >= 0.6 is 0 Å². The molecule has 0 amide bonds. The summed E-state index contributed by atoms with van der Waals surface area (Å²) in [4.78, 5) is 5.34. The number of hydrogen-bond donors (Lipinski definition) is 1. The molecule has 0 bridgehead atoms. The maximum atomic E-state index is 6.20. The molecule has 4 heteroatoms. The van der Waals surface area contributed by atoms with Gasteiger partial charge in [0.25, 0.3) is 0 Å². The van der Waals surface area contributed by atoms with Crippen LogP contribution in [0.25, 0.3) is 0 Å². The molecule has 0 radical (unpaired) electrons. The Labute approximate surface area is 130 Å². The molecule has 21 heavy (non-hydrogen) atoms. The Kier molecular flexibility index (Phi) is 5.20. The Morgan fingerprint density at radius 2 is 2.00 bits per heavy atom. The van der Waals surface area contributed by atoms with E-state index in [0.29, 0.717) is 5.41 Å². The topological polar surface area (TPSA) is 41.7 Å². The highest BCUT2D eigenvalue weighted by molar-refractivity contribution is 4.92. The molecule has 3 rings (SSSR count). The van der Waals surface area contributed by atoms with Gasteiger partial charge in [0, 0.05) is 32.2 Å². The van der Waals surface area contributed by atoms with Crippen LogP contribution in [0.4, 0.5) is 0 Å². The van der Waals surface area contributed by atoms with E-state index in [4.69, 9.17) is 10.5 Å². The van der Waals surface area contributed by atoms with Crippen LogP contribution in [0.3, 0.4) is 0 Å². The lowest BCUT2D eigenvalue weighted by molar-refractivity contribution is 0.0167. The van der Waals surface area contributed by atoms with Gasteiger partial charge in [-0.1, -0.05) is 19.8 Å². The summed E-state index contributed by atoms with van der Waals surface area (Å²) in [5.41, 5.74) is 6.60. The molecule has 3 aliphatic rings. The highest BCUT2D eigenvalue weighted by Crippen LogP contribution is 2.39. The molecule has 0 aromatic heterocycles. The second kappa shape index (κ2) is 6.95. The number of hydrogen-bond acceptors (Lipinski definition) is 4. The predicted octanol–water partition coefficient (Wildman–Crippen LogP) is 1.55. The van der Waals surface area contributed by atoms with Crippen LogP contribution < -0.4 is 5.73 Å². The summed E-state index contributed by atoms with van der Waals surface area (Å²) >= 11 is 0. The van der Waals surface area contributed by atoms with Gasteiger partial charge in [-0.3, -0.25) is 4.90 Å². The van der Waals surface area contributed by atoms with E-state index in [1.54, 1.807) is 0 Å². The number of likely N-dealkylation sites (tertiary alicyclic amines) is 1. The molecule has 1 aliphatic carbocycles. The zero-order chi connectivity index (χ0) is 14.7. The van der Waals surface area contributed by atoms with E-state index in [0.717, 1.165) is 44.8 Å². The molecule has 122 valence electrons. The second-order valence-electron chi connectivity index (χ2n) is 7.73. The smallest absolute Gasteiger partial charge is 0.0594 e. The Balaban J connectivity index is 1.53. The van der Waals surface area contributed by atoms with Crippen LogP contribution in [0.15, 0.2) is 0 Å². The van der Waals surface area contributed by atoms with Crippen molar-refractivity contribution in [2.75, 3.05) is 52.5 Å². The maximum absolute atomic E-state index is 6.20. The summed E-state index contributed by atoms with van der Waals surface area (Å²) in [6.45, 7) is 11.1. The van der Waals surface area contributed by atoms with E-state index < -0.39 is 0 Å². The van der Waals surface area contributed by atoms with Crippen LogP contribution in [0.2, 0.25) is 0 Å². The standard InChI is InChI=1S/C17H33N3O/c1-15-3-2-5-17(11-15,13-18)14-19-6-4-16(12-19)20-7-9-21-10-8-20/h15-16H,2-14,18H2,1H3. The minimum Gasteiger partial charge on any atom is -0.379 e. The Bertz CT molecular complexity index is 332. The van der Waals surface area contributed by atoms with Gasteiger partial charge in [-0.15, -0.1) is 0 Å². The van der Waals surface area contributed by atoms with Gasteiger partial charge < -0.3 is 15.4 Å². The third kappa shape index (κ3) is 3.79. The molecule has 3 unspecified atom stereocenters. The first-order valence-electron chi connectivity index (χ1n) is 8.95. The first-order chi connectivity index (χ1) is 10.2.